The number of aliphatic hydroxyl groups excluding tert-OH is 1. The van der Waals surface area contributed by atoms with Crippen molar-refractivity contribution in [3.8, 4) is 23.3 Å². The lowest BCUT2D eigenvalue weighted by atomic mass is 10.1. The third-order valence-corrected chi connectivity index (χ3v) is 7.03. The Balaban J connectivity index is 1.27. The standard InChI is InChI=1S/C28H27FN6O4S/c29-22-13-20(4-5-23(22)33-27(37)34-28-32-8-11-40-28)39-25-6-7-31-24-14-26(18(15-30)12-21(24)25)38-17-19(36)16-35-9-2-1-3-10-35/h4-8,11-14,19,36H,1-3,9-10,16-17H2,(H2,32,33,34,37)/t19-/m1/s1. The molecule has 0 radical (unpaired) electrons. The average molecular weight is 563 g/mol. The minimum Gasteiger partial charge on any atom is -0.489 e. The second kappa shape index (κ2) is 12.7. The number of nitrogens with zero attached hydrogens (tertiary/aromatic N) is 4. The molecule has 40 heavy (non-hydrogen) atoms. The van der Waals surface area contributed by atoms with E-state index in [1.54, 1.807) is 29.8 Å². The lowest BCUT2D eigenvalue weighted by molar-refractivity contribution is 0.0617. The number of benzene rings is 2. The van der Waals surface area contributed by atoms with Crippen LogP contribution in [0, 0.1) is 17.1 Å². The number of carbonyl (C=O) groups is 1. The van der Waals surface area contributed by atoms with Gasteiger partial charge in [0.15, 0.2) is 5.13 Å². The number of β-amino-alcohol motifs (C(OH)–C–C–N with tert-alkyl or cyclic N) is 1. The molecule has 12 heteroatoms. The van der Waals surface area contributed by atoms with Crippen LogP contribution in [0.4, 0.5) is 20.0 Å². The predicted molar refractivity (Wildman–Crippen MR) is 149 cm³/mol. The fraction of sp³-hybridized carbons (Fsp3) is 0.286. The van der Waals surface area contributed by atoms with E-state index in [1.165, 1.54) is 36.1 Å². The molecule has 1 fully saturated rings. The third-order valence-electron chi connectivity index (χ3n) is 6.34. The second-order valence-corrected chi connectivity index (χ2v) is 10.2. The molecule has 3 N–H and O–H groups in total. The molecule has 5 rings (SSSR count). The highest BCUT2D eigenvalue weighted by Gasteiger charge is 2.17. The number of aromatic nitrogens is 2. The molecule has 3 heterocycles. The maximum atomic E-state index is 14.7. The largest absolute Gasteiger partial charge is 0.489 e. The van der Waals surface area contributed by atoms with Crippen molar-refractivity contribution in [2.24, 2.45) is 0 Å². The van der Waals surface area contributed by atoms with Crippen LogP contribution in [-0.2, 0) is 0 Å². The SMILES string of the molecule is N#Cc1cc2c(Oc3ccc(NC(=O)Nc4nccs4)c(F)c3)ccnc2cc1OC[C@H](O)CN1CCCCC1. The van der Waals surface area contributed by atoms with Crippen LogP contribution in [0.2, 0.25) is 0 Å². The van der Waals surface area contributed by atoms with E-state index in [-0.39, 0.29) is 23.6 Å². The molecule has 2 amide bonds. The van der Waals surface area contributed by atoms with Crippen LogP contribution in [0.25, 0.3) is 10.9 Å². The number of piperidine rings is 1. The Morgan fingerprint density at radius 1 is 1.12 bits per heavy atom. The van der Waals surface area contributed by atoms with Gasteiger partial charge in [-0.25, -0.2) is 14.2 Å². The highest BCUT2D eigenvalue weighted by molar-refractivity contribution is 7.13. The second-order valence-electron chi connectivity index (χ2n) is 9.27. The maximum Gasteiger partial charge on any atom is 0.325 e. The number of rotatable bonds is 9. The van der Waals surface area contributed by atoms with Gasteiger partial charge in [-0.1, -0.05) is 6.42 Å². The minimum absolute atomic E-state index is 0.0305. The summed E-state index contributed by atoms with van der Waals surface area (Å²) >= 11 is 1.24. The van der Waals surface area contributed by atoms with Gasteiger partial charge in [-0.2, -0.15) is 5.26 Å². The lowest BCUT2D eigenvalue weighted by Gasteiger charge is -2.28. The van der Waals surface area contributed by atoms with Crippen molar-refractivity contribution in [1.29, 1.82) is 5.26 Å². The summed E-state index contributed by atoms with van der Waals surface area (Å²) in [6.07, 6.45) is 5.87. The van der Waals surface area contributed by atoms with Crippen LogP contribution in [-0.4, -0.2) is 58.4 Å². The molecule has 1 aliphatic rings. The molecule has 0 saturated carbocycles. The van der Waals surface area contributed by atoms with E-state index in [0.717, 1.165) is 32.0 Å². The van der Waals surface area contributed by atoms with E-state index in [1.807, 2.05) is 0 Å². The normalized spacial score (nSPS) is 14.3. The van der Waals surface area contributed by atoms with Gasteiger partial charge in [0.1, 0.15) is 41.8 Å². The lowest BCUT2D eigenvalue weighted by Crippen LogP contribution is -2.38. The van der Waals surface area contributed by atoms with E-state index in [2.05, 4.69) is 31.6 Å². The van der Waals surface area contributed by atoms with Gasteiger partial charge in [-0.15, -0.1) is 11.3 Å². The van der Waals surface area contributed by atoms with Crippen molar-refractivity contribution in [3.05, 3.63) is 65.6 Å². The first-order chi connectivity index (χ1) is 19.5. The number of anilines is 2. The number of nitrogens with one attached hydrogen (secondary N) is 2. The smallest absolute Gasteiger partial charge is 0.325 e. The van der Waals surface area contributed by atoms with Crippen LogP contribution in [0.15, 0.2) is 54.2 Å². The third kappa shape index (κ3) is 6.81. The predicted octanol–water partition coefficient (Wildman–Crippen LogP) is 5.36. The molecule has 2 aromatic carbocycles. The Labute approximate surface area is 234 Å². The first-order valence-corrected chi connectivity index (χ1v) is 13.7. The number of carbonyl (C=O) groups excluding carboxylic acids is 1. The van der Waals surface area contributed by atoms with Crippen LogP contribution in [0.1, 0.15) is 24.8 Å². The maximum absolute atomic E-state index is 14.7. The fourth-order valence-corrected chi connectivity index (χ4v) is 4.97. The number of nitriles is 1. The number of thiazole rings is 1. The Bertz CT molecular complexity index is 1520. The monoisotopic (exact) mass is 562 g/mol. The first kappa shape index (κ1) is 27.3. The van der Waals surface area contributed by atoms with E-state index < -0.39 is 18.0 Å². The number of fused-ring (bicyclic) bond motifs is 1. The van der Waals surface area contributed by atoms with Crippen LogP contribution < -0.4 is 20.1 Å². The van der Waals surface area contributed by atoms with E-state index in [4.69, 9.17) is 9.47 Å². The molecular weight excluding hydrogens is 535 g/mol. The number of halogens is 1. The fourth-order valence-electron chi connectivity index (χ4n) is 4.45. The highest BCUT2D eigenvalue weighted by atomic mass is 32.1. The Hall–Kier alpha value is -4.31. The summed E-state index contributed by atoms with van der Waals surface area (Å²) in [6.45, 7) is 2.51. The summed E-state index contributed by atoms with van der Waals surface area (Å²) < 4.78 is 26.5. The molecular formula is C28H27FN6O4S. The number of ether oxygens (including phenoxy) is 2. The quantitative estimate of drug-likeness (QED) is 0.248. The van der Waals surface area contributed by atoms with E-state index >= 15 is 0 Å². The van der Waals surface area contributed by atoms with Crippen LogP contribution >= 0.6 is 11.3 Å². The van der Waals surface area contributed by atoms with Gasteiger partial charge in [0.25, 0.3) is 0 Å². The molecule has 1 aliphatic heterocycles. The summed E-state index contributed by atoms with van der Waals surface area (Å²) in [5, 5.41) is 27.8. The number of likely N-dealkylation sites (tertiary alicyclic amines) is 1. The molecule has 0 unspecified atom stereocenters. The van der Waals surface area contributed by atoms with Crippen LogP contribution in [0.3, 0.4) is 0 Å². The highest BCUT2D eigenvalue weighted by Crippen LogP contribution is 2.34. The van der Waals surface area contributed by atoms with Crippen molar-refractivity contribution in [3.63, 3.8) is 0 Å². The number of hydrogen-bond acceptors (Lipinski definition) is 9. The zero-order valence-corrected chi connectivity index (χ0v) is 22.3. The van der Waals surface area contributed by atoms with Gasteiger partial charge < -0.3 is 24.8 Å². The number of aliphatic hydroxyl groups is 1. The first-order valence-electron chi connectivity index (χ1n) is 12.8. The zero-order valence-electron chi connectivity index (χ0n) is 21.5. The molecule has 0 spiro atoms. The van der Waals surface area contributed by atoms with E-state index in [0.29, 0.717) is 34.1 Å². The Kier molecular flexibility index (Phi) is 8.65. The number of hydrogen-bond donors (Lipinski definition) is 3. The van der Waals surface area contributed by atoms with Gasteiger partial charge in [0.05, 0.1) is 16.8 Å². The van der Waals surface area contributed by atoms with Gasteiger partial charge >= 0.3 is 6.03 Å². The number of pyridine rings is 1. The van der Waals surface area contributed by atoms with Gasteiger partial charge in [-0.05, 0) is 50.2 Å². The summed E-state index contributed by atoms with van der Waals surface area (Å²) in [7, 11) is 0. The Morgan fingerprint density at radius 2 is 1.98 bits per heavy atom. The van der Waals surface area contributed by atoms with Crippen molar-refractivity contribution in [2.45, 2.75) is 25.4 Å². The van der Waals surface area contributed by atoms with Crippen molar-refractivity contribution < 1.29 is 23.8 Å². The van der Waals surface area contributed by atoms with E-state index in [9.17, 15) is 19.6 Å². The molecule has 0 bridgehead atoms. The van der Waals surface area contributed by atoms with Gasteiger partial charge in [0, 0.05) is 41.8 Å². The molecule has 0 aliphatic carbocycles. The molecule has 2 aromatic heterocycles. The van der Waals surface area contributed by atoms with Gasteiger partial charge in [0.2, 0.25) is 0 Å². The molecule has 1 saturated heterocycles. The zero-order chi connectivity index (χ0) is 27.9. The molecule has 10 nitrogen and oxygen atoms in total. The van der Waals surface area contributed by atoms with Gasteiger partial charge in [-0.3, -0.25) is 10.3 Å². The topological polar surface area (TPSA) is 133 Å². The summed E-state index contributed by atoms with van der Waals surface area (Å²) in [6, 6.07) is 10.4. The van der Waals surface area contributed by atoms with Crippen molar-refractivity contribution >= 4 is 39.1 Å². The number of urea groups is 1. The Morgan fingerprint density at radius 3 is 2.73 bits per heavy atom. The summed E-state index contributed by atoms with van der Waals surface area (Å²) in [5.74, 6) is 0.173. The summed E-state index contributed by atoms with van der Waals surface area (Å²) in [4.78, 5) is 22.6. The van der Waals surface area contributed by atoms with Crippen molar-refractivity contribution in [2.75, 3.05) is 36.9 Å². The molecule has 1 atom stereocenters. The average Bonchev–Trinajstić information content (AvgIpc) is 3.46. The van der Waals surface area contributed by atoms with Crippen LogP contribution in [0.5, 0.6) is 17.2 Å². The molecule has 206 valence electrons. The summed E-state index contributed by atoms with van der Waals surface area (Å²) in [5.41, 5.74) is 0.735. The molecule has 4 aromatic rings. The number of amides is 2. The minimum atomic E-state index is -0.693. The van der Waals surface area contributed by atoms with Crippen molar-refractivity contribution in [1.82, 2.24) is 14.9 Å².